The first-order valence-corrected chi connectivity index (χ1v) is 11.2. The lowest BCUT2D eigenvalue weighted by molar-refractivity contribution is -0.136. The Morgan fingerprint density at radius 2 is 1.61 bits per heavy atom. The van der Waals surface area contributed by atoms with Gasteiger partial charge < -0.3 is 9.80 Å². The minimum absolute atomic E-state index is 0.118. The Hall–Kier alpha value is -1.85. The zero-order valence-electron chi connectivity index (χ0n) is 17.3. The molecule has 6 nitrogen and oxygen atoms in total. The zero-order chi connectivity index (χ0) is 19.7. The molecule has 0 aromatic carbocycles. The van der Waals surface area contributed by atoms with Crippen molar-refractivity contribution >= 4 is 11.8 Å². The fourth-order valence-electron chi connectivity index (χ4n) is 5.56. The topological polar surface area (TPSA) is 69.3 Å². The van der Waals surface area contributed by atoms with Crippen LogP contribution in [0.1, 0.15) is 93.6 Å². The molecule has 6 heteroatoms. The number of aromatic nitrogens is 2. The van der Waals surface area contributed by atoms with Gasteiger partial charge in [-0.15, -0.1) is 0 Å². The van der Waals surface area contributed by atoms with Crippen molar-refractivity contribution < 1.29 is 9.59 Å². The maximum atomic E-state index is 13.3. The summed E-state index contributed by atoms with van der Waals surface area (Å²) < 4.78 is 0. The van der Waals surface area contributed by atoms with E-state index >= 15 is 0 Å². The summed E-state index contributed by atoms with van der Waals surface area (Å²) >= 11 is 0. The van der Waals surface area contributed by atoms with E-state index in [1.165, 1.54) is 19.3 Å². The van der Waals surface area contributed by atoms with Gasteiger partial charge in [-0.05, 0) is 58.8 Å². The maximum absolute atomic E-state index is 13.3. The molecule has 1 saturated carbocycles. The van der Waals surface area contributed by atoms with Crippen molar-refractivity contribution in [3.63, 3.8) is 0 Å². The summed E-state index contributed by atoms with van der Waals surface area (Å²) in [6, 6.07) is 0.565. The number of hydrogen-bond acceptors (Lipinski definition) is 3. The minimum Gasteiger partial charge on any atom is -0.342 e. The van der Waals surface area contributed by atoms with E-state index in [9.17, 15) is 9.59 Å². The number of nitrogens with one attached hydrogen (secondary N) is 1. The summed E-state index contributed by atoms with van der Waals surface area (Å²) in [4.78, 5) is 30.1. The van der Waals surface area contributed by atoms with E-state index in [1.807, 2.05) is 0 Å². The Kier molecular flexibility index (Phi) is 5.74. The normalized spacial score (nSPS) is 27.4. The predicted molar refractivity (Wildman–Crippen MR) is 108 cm³/mol. The lowest BCUT2D eigenvalue weighted by Crippen LogP contribution is -2.47. The van der Waals surface area contributed by atoms with Gasteiger partial charge in [0.25, 0.3) is 5.91 Å². The van der Waals surface area contributed by atoms with Crippen LogP contribution in [-0.4, -0.2) is 57.0 Å². The fourth-order valence-corrected chi connectivity index (χ4v) is 5.56. The van der Waals surface area contributed by atoms with E-state index in [1.54, 1.807) is 6.20 Å². The second-order valence-corrected chi connectivity index (χ2v) is 9.12. The number of carbonyl (C=O) groups is 2. The molecular formula is C22H34N4O2. The standard InChI is InChI=1S/C22H34N4O2/c1-15-6-5-7-16(2)26(15)22(28)19-14-23-24-20(19)17-10-12-25(13-11-17)21(27)18-8-3-4-9-18/h14-18H,3-13H2,1-2H3,(H,23,24)/t15-,16-/m1/s1. The summed E-state index contributed by atoms with van der Waals surface area (Å²) in [5.41, 5.74) is 1.71. The first-order valence-electron chi connectivity index (χ1n) is 11.2. The molecule has 1 aromatic rings. The highest BCUT2D eigenvalue weighted by atomic mass is 16.2. The van der Waals surface area contributed by atoms with Gasteiger partial charge in [0.1, 0.15) is 0 Å². The number of hydrogen-bond donors (Lipinski definition) is 1. The van der Waals surface area contributed by atoms with Crippen LogP contribution in [0.5, 0.6) is 0 Å². The van der Waals surface area contributed by atoms with E-state index in [2.05, 4.69) is 33.8 Å². The molecule has 28 heavy (non-hydrogen) atoms. The Balaban J connectivity index is 1.42. The van der Waals surface area contributed by atoms with Crippen LogP contribution in [0.25, 0.3) is 0 Å². The summed E-state index contributed by atoms with van der Waals surface area (Å²) in [5, 5.41) is 7.35. The molecule has 4 rings (SSSR count). The molecule has 1 aromatic heterocycles. The van der Waals surface area contributed by atoms with E-state index in [-0.39, 0.29) is 29.8 Å². The second-order valence-electron chi connectivity index (χ2n) is 9.12. The molecule has 0 unspecified atom stereocenters. The largest absolute Gasteiger partial charge is 0.342 e. The molecule has 3 aliphatic rings. The average molecular weight is 387 g/mol. The predicted octanol–water partition coefficient (Wildman–Crippen LogP) is 3.71. The molecular weight excluding hydrogens is 352 g/mol. The number of piperidine rings is 2. The molecule has 0 spiro atoms. The molecule has 2 saturated heterocycles. The van der Waals surface area contributed by atoms with Crippen molar-refractivity contribution in [1.82, 2.24) is 20.0 Å². The fraction of sp³-hybridized carbons (Fsp3) is 0.773. The zero-order valence-corrected chi connectivity index (χ0v) is 17.3. The van der Waals surface area contributed by atoms with Crippen LogP contribution < -0.4 is 0 Å². The summed E-state index contributed by atoms with van der Waals surface area (Å²) in [5.74, 6) is 1.01. The highest BCUT2D eigenvalue weighted by Gasteiger charge is 2.35. The lowest BCUT2D eigenvalue weighted by atomic mass is 9.89. The van der Waals surface area contributed by atoms with Crippen LogP contribution in [0.15, 0.2) is 6.20 Å². The maximum Gasteiger partial charge on any atom is 0.257 e. The summed E-state index contributed by atoms with van der Waals surface area (Å²) in [6.45, 7) is 5.90. The average Bonchev–Trinajstić information content (AvgIpc) is 3.39. The monoisotopic (exact) mass is 386 g/mol. The third-order valence-electron chi connectivity index (χ3n) is 7.25. The van der Waals surface area contributed by atoms with Crippen LogP contribution in [0, 0.1) is 5.92 Å². The summed E-state index contributed by atoms with van der Waals surface area (Å²) in [7, 11) is 0. The lowest BCUT2D eigenvalue weighted by Gasteiger charge is -2.39. The molecule has 3 fully saturated rings. The third-order valence-corrected chi connectivity index (χ3v) is 7.25. The second kappa shape index (κ2) is 8.26. The number of nitrogens with zero attached hydrogens (tertiary/aromatic N) is 3. The van der Waals surface area contributed by atoms with E-state index in [0.29, 0.717) is 5.91 Å². The molecule has 2 aliphatic heterocycles. The van der Waals surface area contributed by atoms with Gasteiger partial charge in [0.05, 0.1) is 17.5 Å². The molecule has 154 valence electrons. The smallest absolute Gasteiger partial charge is 0.257 e. The first-order chi connectivity index (χ1) is 13.6. The number of H-pyrrole nitrogens is 1. The molecule has 1 N–H and O–H groups in total. The van der Waals surface area contributed by atoms with E-state index < -0.39 is 0 Å². The van der Waals surface area contributed by atoms with Gasteiger partial charge in [0.2, 0.25) is 5.91 Å². The van der Waals surface area contributed by atoms with Crippen LogP contribution in [0.4, 0.5) is 0 Å². The Morgan fingerprint density at radius 3 is 2.25 bits per heavy atom. The number of rotatable bonds is 3. The van der Waals surface area contributed by atoms with Gasteiger partial charge in [-0.1, -0.05) is 12.8 Å². The Morgan fingerprint density at radius 1 is 0.964 bits per heavy atom. The molecule has 0 radical (unpaired) electrons. The molecule has 1 aliphatic carbocycles. The first kappa shape index (κ1) is 19.5. The number of amides is 2. The number of aromatic amines is 1. The van der Waals surface area contributed by atoms with Gasteiger partial charge in [0.15, 0.2) is 0 Å². The molecule has 2 atom stereocenters. The summed E-state index contributed by atoms with van der Waals surface area (Å²) in [6.07, 6.45) is 11.4. The van der Waals surface area contributed by atoms with Crippen LogP contribution in [-0.2, 0) is 4.79 Å². The van der Waals surface area contributed by atoms with Gasteiger partial charge in [-0.25, -0.2) is 0 Å². The van der Waals surface area contributed by atoms with Crippen molar-refractivity contribution in [2.45, 2.75) is 89.6 Å². The van der Waals surface area contributed by atoms with Gasteiger partial charge in [0, 0.05) is 37.0 Å². The van der Waals surface area contributed by atoms with Gasteiger partial charge >= 0.3 is 0 Å². The van der Waals surface area contributed by atoms with Crippen molar-refractivity contribution in [3.05, 3.63) is 17.5 Å². The van der Waals surface area contributed by atoms with Crippen LogP contribution >= 0.6 is 0 Å². The van der Waals surface area contributed by atoms with Crippen molar-refractivity contribution in [1.29, 1.82) is 0 Å². The molecule has 3 heterocycles. The van der Waals surface area contributed by atoms with Gasteiger partial charge in [-0.3, -0.25) is 14.7 Å². The molecule has 2 amide bonds. The Labute approximate surface area is 168 Å². The van der Waals surface area contributed by atoms with E-state index in [0.717, 1.165) is 62.9 Å². The SMILES string of the molecule is C[C@@H]1CCC[C@@H](C)N1C(=O)c1cn[nH]c1C1CCN(C(=O)C2CCCC2)CC1. The molecule has 0 bridgehead atoms. The van der Waals surface area contributed by atoms with E-state index in [4.69, 9.17) is 0 Å². The highest BCUT2D eigenvalue weighted by Crippen LogP contribution is 2.33. The quantitative estimate of drug-likeness (QED) is 0.861. The van der Waals surface area contributed by atoms with Gasteiger partial charge in [-0.2, -0.15) is 5.10 Å². The van der Waals surface area contributed by atoms with Crippen molar-refractivity contribution in [2.24, 2.45) is 5.92 Å². The van der Waals surface area contributed by atoms with Crippen LogP contribution in [0.2, 0.25) is 0 Å². The van der Waals surface area contributed by atoms with Crippen LogP contribution in [0.3, 0.4) is 0 Å². The number of carbonyl (C=O) groups excluding carboxylic acids is 2. The highest BCUT2D eigenvalue weighted by molar-refractivity contribution is 5.95. The van der Waals surface area contributed by atoms with Crippen molar-refractivity contribution in [2.75, 3.05) is 13.1 Å². The minimum atomic E-state index is 0.118. The third kappa shape index (κ3) is 3.70. The Bertz CT molecular complexity index is 691. The van der Waals surface area contributed by atoms with Crippen molar-refractivity contribution in [3.8, 4) is 0 Å². The number of likely N-dealkylation sites (tertiary alicyclic amines) is 2.